The van der Waals surface area contributed by atoms with Crippen molar-refractivity contribution in [3.63, 3.8) is 0 Å². The Morgan fingerprint density at radius 2 is 1.50 bits per heavy atom. The molecule has 4 rings (SSSR count). The molecule has 0 saturated heterocycles. The highest BCUT2D eigenvalue weighted by Crippen LogP contribution is 2.32. The third kappa shape index (κ3) is 3.18. The van der Waals surface area contributed by atoms with Crippen LogP contribution in [0.25, 0.3) is 32.3 Å². The zero-order valence-corrected chi connectivity index (χ0v) is 14.5. The Bertz CT molecular complexity index is 1140. The van der Waals surface area contributed by atoms with Crippen LogP contribution in [-0.2, 0) is 11.2 Å². The third-order valence-corrected chi connectivity index (χ3v) is 4.89. The van der Waals surface area contributed by atoms with E-state index < -0.39 is 5.97 Å². The average Bonchev–Trinajstić information content (AvgIpc) is 2.66. The lowest BCUT2D eigenvalue weighted by Gasteiger charge is -2.11. The van der Waals surface area contributed by atoms with Crippen molar-refractivity contribution in [1.82, 2.24) is 0 Å². The maximum Gasteiger partial charge on any atom is 0.327 e. The van der Waals surface area contributed by atoms with Gasteiger partial charge in [-0.2, -0.15) is 0 Å². The lowest BCUT2D eigenvalue weighted by atomic mass is 9.93. The minimum absolute atomic E-state index is 0.774. The molecule has 0 bridgehead atoms. The van der Waals surface area contributed by atoms with Crippen molar-refractivity contribution >= 4 is 38.3 Å². The van der Waals surface area contributed by atoms with Crippen LogP contribution < -0.4 is 0 Å². The topological polar surface area (TPSA) is 37.3 Å². The summed E-state index contributed by atoms with van der Waals surface area (Å²) >= 11 is 0. The van der Waals surface area contributed by atoms with Crippen LogP contribution in [-0.4, -0.2) is 11.1 Å². The van der Waals surface area contributed by atoms with Gasteiger partial charge in [-0.1, -0.05) is 60.7 Å². The Morgan fingerprint density at radius 1 is 0.808 bits per heavy atom. The van der Waals surface area contributed by atoms with E-state index in [0.717, 1.165) is 19.3 Å². The third-order valence-electron chi connectivity index (χ3n) is 4.89. The largest absolute Gasteiger partial charge is 0.478 e. The summed E-state index contributed by atoms with van der Waals surface area (Å²) in [7, 11) is 0. The summed E-state index contributed by atoms with van der Waals surface area (Å²) < 4.78 is 0. The van der Waals surface area contributed by atoms with E-state index in [4.69, 9.17) is 5.11 Å². The van der Waals surface area contributed by atoms with Crippen LogP contribution in [0, 0.1) is 0 Å². The molecule has 4 aromatic rings. The highest BCUT2D eigenvalue weighted by Gasteiger charge is 2.07. The molecule has 2 nitrogen and oxygen atoms in total. The molecule has 0 atom stereocenters. The maximum absolute atomic E-state index is 10.6. The Morgan fingerprint density at radius 3 is 2.27 bits per heavy atom. The predicted octanol–water partition coefficient (Wildman–Crippen LogP) is 6.11. The molecule has 4 aromatic carbocycles. The quantitative estimate of drug-likeness (QED) is 0.206. The molecule has 0 saturated carbocycles. The van der Waals surface area contributed by atoms with Crippen LogP contribution in [0.3, 0.4) is 0 Å². The summed E-state index contributed by atoms with van der Waals surface area (Å²) in [6, 6.07) is 23.9. The molecule has 0 amide bonds. The standard InChI is InChI=1S/C24H20O2/c25-24(26)13-3-1-2-10-19-15-20-14-17-8-4-5-9-18(17)16-23(20)22-12-7-6-11-21(19)22/h3-9,11-16H,1-2,10H2,(H,25,26)/b13-3+. The molecule has 0 fully saturated rings. The Balaban J connectivity index is 1.78. The number of aryl methyl sites for hydroxylation is 1. The van der Waals surface area contributed by atoms with Crippen LogP contribution in [0.1, 0.15) is 18.4 Å². The number of unbranched alkanes of at least 4 members (excludes halogenated alkanes) is 1. The number of carboxylic acids is 1. The van der Waals surface area contributed by atoms with Gasteiger partial charge in [0, 0.05) is 6.08 Å². The first-order valence-corrected chi connectivity index (χ1v) is 8.95. The molecular weight excluding hydrogens is 320 g/mol. The maximum atomic E-state index is 10.6. The fourth-order valence-corrected chi connectivity index (χ4v) is 3.68. The molecule has 0 spiro atoms. The Hall–Kier alpha value is -3.13. The van der Waals surface area contributed by atoms with Crippen molar-refractivity contribution in [2.45, 2.75) is 19.3 Å². The average molecular weight is 340 g/mol. The number of fused-ring (bicyclic) bond motifs is 4. The SMILES string of the molecule is O=C(O)/C=C/CCCc1cc2cc3ccccc3cc2c2ccccc12. The van der Waals surface area contributed by atoms with Gasteiger partial charge >= 0.3 is 5.97 Å². The first-order chi connectivity index (χ1) is 12.7. The molecule has 0 heterocycles. The predicted molar refractivity (Wildman–Crippen MR) is 109 cm³/mol. The van der Waals surface area contributed by atoms with Crippen molar-refractivity contribution in [2.24, 2.45) is 0 Å². The van der Waals surface area contributed by atoms with Crippen LogP contribution in [0.4, 0.5) is 0 Å². The number of benzene rings is 4. The smallest absolute Gasteiger partial charge is 0.327 e. The number of carboxylic acid groups (broad SMARTS) is 1. The monoisotopic (exact) mass is 340 g/mol. The highest BCUT2D eigenvalue weighted by molar-refractivity contribution is 6.13. The first-order valence-electron chi connectivity index (χ1n) is 8.95. The van der Waals surface area contributed by atoms with Crippen molar-refractivity contribution in [1.29, 1.82) is 0 Å². The van der Waals surface area contributed by atoms with Crippen LogP contribution in [0.15, 0.2) is 78.9 Å². The lowest BCUT2D eigenvalue weighted by Crippen LogP contribution is -1.90. The Labute approximate surface area is 152 Å². The van der Waals surface area contributed by atoms with E-state index in [1.165, 1.54) is 44.0 Å². The molecule has 0 radical (unpaired) electrons. The van der Waals surface area contributed by atoms with E-state index in [1.807, 2.05) is 0 Å². The molecule has 26 heavy (non-hydrogen) atoms. The number of hydrogen-bond donors (Lipinski definition) is 1. The van der Waals surface area contributed by atoms with Crippen LogP contribution in [0.2, 0.25) is 0 Å². The van der Waals surface area contributed by atoms with E-state index in [1.54, 1.807) is 6.08 Å². The summed E-state index contributed by atoms with van der Waals surface area (Å²) in [5, 5.41) is 16.3. The number of rotatable bonds is 5. The highest BCUT2D eigenvalue weighted by atomic mass is 16.4. The van der Waals surface area contributed by atoms with E-state index in [0.29, 0.717) is 0 Å². The molecule has 128 valence electrons. The fraction of sp³-hybridized carbons (Fsp3) is 0.125. The van der Waals surface area contributed by atoms with Gasteiger partial charge in [0.25, 0.3) is 0 Å². The van der Waals surface area contributed by atoms with Gasteiger partial charge in [-0.25, -0.2) is 4.79 Å². The molecule has 0 aliphatic carbocycles. The summed E-state index contributed by atoms with van der Waals surface area (Å²) in [6.45, 7) is 0. The lowest BCUT2D eigenvalue weighted by molar-refractivity contribution is -0.131. The van der Waals surface area contributed by atoms with Gasteiger partial charge in [0.05, 0.1) is 0 Å². The minimum atomic E-state index is -0.881. The zero-order valence-electron chi connectivity index (χ0n) is 14.5. The first kappa shape index (κ1) is 16.3. The second kappa shape index (κ2) is 7.01. The number of allylic oxidation sites excluding steroid dienone is 1. The van der Waals surface area contributed by atoms with Crippen molar-refractivity contribution < 1.29 is 9.90 Å². The molecule has 2 heteroatoms. The van der Waals surface area contributed by atoms with Crippen LogP contribution >= 0.6 is 0 Å². The second-order valence-electron chi connectivity index (χ2n) is 6.63. The van der Waals surface area contributed by atoms with Crippen LogP contribution in [0.5, 0.6) is 0 Å². The van der Waals surface area contributed by atoms with Gasteiger partial charge in [-0.15, -0.1) is 0 Å². The van der Waals surface area contributed by atoms with Gasteiger partial charge < -0.3 is 5.11 Å². The normalized spacial score (nSPS) is 11.7. The van der Waals surface area contributed by atoms with E-state index >= 15 is 0 Å². The number of aliphatic carboxylic acids is 1. The molecule has 0 aliphatic heterocycles. The van der Waals surface area contributed by atoms with Gasteiger partial charge in [0.1, 0.15) is 0 Å². The number of carbonyl (C=O) groups is 1. The Kier molecular flexibility index (Phi) is 4.40. The molecule has 0 unspecified atom stereocenters. The van der Waals surface area contributed by atoms with Gasteiger partial charge in [0.15, 0.2) is 0 Å². The van der Waals surface area contributed by atoms with Crippen molar-refractivity contribution in [2.75, 3.05) is 0 Å². The van der Waals surface area contributed by atoms with Gasteiger partial charge in [0.2, 0.25) is 0 Å². The summed E-state index contributed by atoms with van der Waals surface area (Å²) in [4.78, 5) is 10.6. The molecular formula is C24H20O2. The molecule has 0 aliphatic rings. The summed E-state index contributed by atoms with van der Waals surface area (Å²) in [5.74, 6) is -0.881. The van der Waals surface area contributed by atoms with E-state index in [2.05, 4.69) is 66.7 Å². The zero-order chi connectivity index (χ0) is 17.9. The minimum Gasteiger partial charge on any atom is -0.478 e. The van der Waals surface area contributed by atoms with E-state index in [9.17, 15) is 4.79 Å². The fourth-order valence-electron chi connectivity index (χ4n) is 3.68. The van der Waals surface area contributed by atoms with E-state index in [-0.39, 0.29) is 0 Å². The van der Waals surface area contributed by atoms with Gasteiger partial charge in [-0.05, 0) is 69.3 Å². The van der Waals surface area contributed by atoms with Crippen molar-refractivity contribution in [3.8, 4) is 0 Å². The second-order valence-corrected chi connectivity index (χ2v) is 6.63. The summed E-state index contributed by atoms with van der Waals surface area (Å²) in [5.41, 5.74) is 1.33. The van der Waals surface area contributed by atoms with Crippen molar-refractivity contribution in [3.05, 3.63) is 84.4 Å². The number of hydrogen-bond acceptors (Lipinski definition) is 1. The summed E-state index contributed by atoms with van der Waals surface area (Å²) in [6.07, 6.45) is 5.61. The molecule has 1 N–H and O–H groups in total. The van der Waals surface area contributed by atoms with Gasteiger partial charge in [-0.3, -0.25) is 0 Å². The molecule has 0 aromatic heterocycles.